The van der Waals surface area contributed by atoms with Crippen molar-refractivity contribution in [1.82, 2.24) is 5.32 Å². The fourth-order valence-electron chi connectivity index (χ4n) is 1.81. The fraction of sp³-hybridized carbons (Fsp3) is 0.917. The summed E-state index contributed by atoms with van der Waals surface area (Å²) >= 11 is 0. The van der Waals surface area contributed by atoms with Gasteiger partial charge < -0.3 is 11.1 Å². The SMILES string of the molecule is CCCC1(CN=C(N)NCC(C)C)CC1. The lowest BCUT2D eigenvalue weighted by Crippen LogP contribution is -2.34. The van der Waals surface area contributed by atoms with Crippen LogP contribution in [0.3, 0.4) is 0 Å². The minimum absolute atomic E-state index is 0.513. The van der Waals surface area contributed by atoms with Crippen LogP contribution in [-0.2, 0) is 0 Å². The lowest BCUT2D eigenvalue weighted by Gasteiger charge is -2.12. The summed E-state index contributed by atoms with van der Waals surface area (Å²) in [5, 5.41) is 3.15. The van der Waals surface area contributed by atoms with Crippen LogP contribution in [0, 0.1) is 11.3 Å². The first-order chi connectivity index (χ1) is 7.08. The van der Waals surface area contributed by atoms with Crippen LogP contribution in [0.5, 0.6) is 0 Å². The molecule has 0 atom stereocenters. The predicted octanol–water partition coefficient (Wildman–Crippen LogP) is 2.13. The van der Waals surface area contributed by atoms with Gasteiger partial charge in [0.1, 0.15) is 0 Å². The van der Waals surface area contributed by atoms with E-state index < -0.39 is 0 Å². The van der Waals surface area contributed by atoms with E-state index in [1.165, 1.54) is 25.7 Å². The van der Waals surface area contributed by atoms with E-state index in [2.05, 4.69) is 31.1 Å². The lowest BCUT2D eigenvalue weighted by molar-refractivity contribution is 0.471. The molecule has 0 bridgehead atoms. The van der Waals surface area contributed by atoms with Crippen LogP contribution >= 0.6 is 0 Å². The number of nitrogens with one attached hydrogen (secondary N) is 1. The highest BCUT2D eigenvalue weighted by atomic mass is 15.1. The molecule has 0 aromatic rings. The normalized spacial score (nSPS) is 19.3. The maximum absolute atomic E-state index is 5.79. The Labute approximate surface area is 93.5 Å². The highest BCUT2D eigenvalue weighted by Gasteiger charge is 2.41. The minimum Gasteiger partial charge on any atom is -0.370 e. The maximum atomic E-state index is 5.79. The van der Waals surface area contributed by atoms with Crippen molar-refractivity contribution in [3.63, 3.8) is 0 Å². The first-order valence-electron chi connectivity index (χ1n) is 6.12. The van der Waals surface area contributed by atoms with E-state index in [0.717, 1.165) is 13.1 Å². The molecule has 0 heterocycles. The summed E-state index contributed by atoms with van der Waals surface area (Å²) in [7, 11) is 0. The first-order valence-corrected chi connectivity index (χ1v) is 6.12. The zero-order valence-electron chi connectivity index (χ0n) is 10.3. The molecule has 0 spiro atoms. The molecule has 3 N–H and O–H groups in total. The highest BCUT2D eigenvalue weighted by Crippen LogP contribution is 2.49. The number of hydrogen-bond donors (Lipinski definition) is 2. The van der Waals surface area contributed by atoms with Gasteiger partial charge in [0.2, 0.25) is 0 Å². The molecule has 0 saturated heterocycles. The van der Waals surface area contributed by atoms with E-state index in [0.29, 0.717) is 17.3 Å². The molecule has 0 aromatic heterocycles. The average Bonchev–Trinajstić information content (AvgIpc) is 2.93. The summed E-state index contributed by atoms with van der Waals surface area (Å²) in [5.74, 6) is 1.23. The van der Waals surface area contributed by atoms with Crippen molar-refractivity contribution in [2.75, 3.05) is 13.1 Å². The molecule has 1 rings (SSSR count). The Kier molecular flexibility index (Phi) is 4.43. The molecule has 88 valence electrons. The molecule has 1 aliphatic carbocycles. The Morgan fingerprint density at radius 2 is 2.13 bits per heavy atom. The Bertz CT molecular complexity index is 217. The summed E-state index contributed by atoms with van der Waals surface area (Å²) < 4.78 is 0. The third-order valence-corrected chi connectivity index (χ3v) is 3.01. The molecule has 3 nitrogen and oxygen atoms in total. The van der Waals surface area contributed by atoms with Crippen LogP contribution in [0.4, 0.5) is 0 Å². The maximum Gasteiger partial charge on any atom is 0.188 e. The largest absolute Gasteiger partial charge is 0.370 e. The number of nitrogens with two attached hydrogens (primary N) is 1. The smallest absolute Gasteiger partial charge is 0.188 e. The topological polar surface area (TPSA) is 50.4 Å². The van der Waals surface area contributed by atoms with Crippen molar-refractivity contribution in [3.8, 4) is 0 Å². The van der Waals surface area contributed by atoms with Gasteiger partial charge in [0.25, 0.3) is 0 Å². The molecule has 0 radical (unpaired) electrons. The van der Waals surface area contributed by atoms with Gasteiger partial charge in [-0.3, -0.25) is 4.99 Å². The minimum atomic E-state index is 0.513. The van der Waals surface area contributed by atoms with Gasteiger partial charge in [-0.15, -0.1) is 0 Å². The number of hydrogen-bond acceptors (Lipinski definition) is 1. The van der Waals surface area contributed by atoms with Crippen molar-refractivity contribution in [2.45, 2.75) is 46.5 Å². The average molecular weight is 211 g/mol. The van der Waals surface area contributed by atoms with Crippen molar-refractivity contribution < 1.29 is 0 Å². The van der Waals surface area contributed by atoms with Crippen LogP contribution < -0.4 is 11.1 Å². The predicted molar refractivity (Wildman–Crippen MR) is 65.9 cm³/mol. The van der Waals surface area contributed by atoms with Crippen LogP contribution in [0.25, 0.3) is 0 Å². The van der Waals surface area contributed by atoms with Gasteiger partial charge in [0.15, 0.2) is 5.96 Å². The number of guanidine groups is 1. The standard InChI is InChI=1S/C12H25N3/c1-4-5-12(6-7-12)9-15-11(13)14-8-10(2)3/h10H,4-9H2,1-3H3,(H3,13,14,15). The molecule has 0 unspecified atom stereocenters. The van der Waals surface area contributed by atoms with E-state index in [1.54, 1.807) is 0 Å². The zero-order chi connectivity index (χ0) is 11.3. The van der Waals surface area contributed by atoms with Crippen LogP contribution in [0.2, 0.25) is 0 Å². The second-order valence-electron chi connectivity index (χ2n) is 5.23. The lowest BCUT2D eigenvalue weighted by atomic mass is 10.0. The van der Waals surface area contributed by atoms with Gasteiger partial charge in [-0.25, -0.2) is 0 Å². The van der Waals surface area contributed by atoms with Crippen LogP contribution in [0.1, 0.15) is 46.5 Å². The molecular formula is C12H25N3. The van der Waals surface area contributed by atoms with Gasteiger partial charge in [-0.05, 0) is 30.6 Å². The van der Waals surface area contributed by atoms with E-state index in [-0.39, 0.29) is 0 Å². The van der Waals surface area contributed by atoms with Crippen molar-refractivity contribution in [1.29, 1.82) is 0 Å². The highest BCUT2D eigenvalue weighted by molar-refractivity contribution is 5.77. The van der Waals surface area contributed by atoms with Gasteiger partial charge in [-0.1, -0.05) is 27.2 Å². The fourth-order valence-corrected chi connectivity index (χ4v) is 1.81. The summed E-state index contributed by atoms with van der Waals surface area (Å²) in [6.07, 6.45) is 5.23. The van der Waals surface area contributed by atoms with Gasteiger partial charge in [-0.2, -0.15) is 0 Å². The third-order valence-electron chi connectivity index (χ3n) is 3.01. The molecule has 0 amide bonds. The summed E-state index contributed by atoms with van der Waals surface area (Å²) in [4.78, 5) is 4.43. The quantitative estimate of drug-likeness (QED) is 0.522. The van der Waals surface area contributed by atoms with Crippen LogP contribution in [-0.4, -0.2) is 19.0 Å². The van der Waals surface area contributed by atoms with Gasteiger partial charge in [0, 0.05) is 13.1 Å². The van der Waals surface area contributed by atoms with E-state index in [4.69, 9.17) is 5.73 Å². The molecule has 1 saturated carbocycles. The monoisotopic (exact) mass is 211 g/mol. The Morgan fingerprint density at radius 1 is 1.47 bits per heavy atom. The number of nitrogens with zero attached hydrogens (tertiary/aromatic N) is 1. The number of rotatable bonds is 6. The molecule has 15 heavy (non-hydrogen) atoms. The molecule has 1 aliphatic rings. The molecule has 3 heteroatoms. The molecular weight excluding hydrogens is 186 g/mol. The van der Waals surface area contributed by atoms with Crippen molar-refractivity contribution in [3.05, 3.63) is 0 Å². The van der Waals surface area contributed by atoms with Crippen molar-refractivity contribution in [2.24, 2.45) is 22.1 Å². The van der Waals surface area contributed by atoms with Gasteiger partial charge in [0.05, 0.1) is 0 Å². The number of aliphatic imine (C=N–C) groups is 1. The summed E-state index contributed by atoms with van der Waals surface area (Å²) in [5.41, 5.74) is 6.30. The Morgan fingerprint density at radius 3 is 2.60 bits per heavy atom. The van der Waals surface area contributed by atoms with Crippen molar-refractivity contribution >= 4 is 5.96 Å². The third kappa shape index (κ3) is 4.54. The Hall–Kier alpha value is -0.730. The molecule has 0 aliphatic heterocycles. The van der Waals surface area contributed by atoms with Gasteiger partial charge >= 0.3 is 0 Å². The second-order valence-corrected chi connectivity index (χ2v) is 5.23. The molecule has 0 aromatic carbocycles. The van der Waals surface area contributed by atoms with E-state index in [9.17, 15) is 0 Å². The molecule has 1 fully saturated rings. The van der Waals surface area contributed by atoms with E-state index >= 15 is 0 Å². The van der Waals surface area contributed by atoms with E-state index in [1.807, 2.05) is 0 Å². The first kappa shape index (κ1) is 12.3. The summed E-state index contributed by atoms with van der Waals surface area (Å²) in [6, 6.07) is 0. The van der Waals surface area contributed by atoms with Crippen LogP contribution in [0.15, 0.2) is 4.99 Å². The summed E-state index contributed by atoms with van der Waals surface area (Å²) in [6.45, 7) is 8.40. The Balaban J connectivity index is 2.24. The second kappa shape index (κ2) is 5.38. The zero-order valence-corrected chi connectivity index (χ0v) is 10.3.